The van der Waals surface area contributed by atoms with Gasteiger partial charge in [0.2, 0.25) is 11.8 Å². The average molecular weight is 1060 g/mol. The number of carbonyl (C=O) groups excluding carboxylic acids is 4. The molecule has 0 radical (unpaired) electrons. The monoisotopic (exact) mass is 1060 g/mol. The number of piperidine rings is 1. The highest BCUT2D eigenvalue weighted by atomic mass is 32.1. The molecule has 400 valence electrons. The topological polar surface area (TPSA) is 164 Å². The summed E-state index contributed by atoms with van der Waals surface area (Å²) in [5, 5.41) is 11.8. The molecule has 2 N–H and O–H groups in total. The van der Waals surface area contributed by atoms with Gasteiger partial charge in [0, 0.05) is 81.0 Å². The van der Waals surface area contributed by atoms with E-state index in [0.717, 1.165) is 113 Å². The van der Waals surface area contributed by atoms with Crippen LogP contribution in [0.3, 0.4) is 0 Å². The fourth-order valence-corrected chi connectivity index (χ4v) is 12.8. The van der Waals surface area contributed by atoms with Crippen molar-refractivity contribution in [2.45, 2.75) is 123 Å². The van der Waals surface area contributed by atoms with E-state index in [0.29, 0.717) is 60.0 Å². The Kier molecular flexibility index (Phi) is 14.6. The summed E-state index contributed by atoms with van der Waals surface area (Å²) >= 11 is 1.45. The van der Waals surface area contributed by atoms with Gasteiger partial charge in [0.05, 0.1) is 33.4 Å². The van der Waals surface area contributed by atoms with Gasteiger partial charge >= 0.3 is 5.97 Å². The number of fused-ring (bicyclic) bond motifs is 3. The molecule has 1 aliphatic carbocycles. The van der Waals surface area contributed by atoms with Crippen LogP contribution in [0.2, 0.25) is 0 Å². The molecule has 2 atom stereocenters. The smallest absolute Gasteiger partial charge is 0.358 e. The van der Waals surface area contributed by atoms with Crippen LogP contribution in [0, 0.1) is 12.8 Å². The molecule has 3 aromatic heterocycles. The van der Waals surface area contributed by atoms with Crippen molar-refractivity contribution in [3.63, 3.8) is 0 Å². The van der Waals surface area contributed by atoms with Gasteiger partial charge in [0.25, 0.3) is 5.91 Å². The lowest BCUT2D eigenvalue weighted by molar-refractivity contribution is -0.134. The van der Waals surface area contributed by atoms with Crippen LogP contribution < -0.4 is 25.2 Å². The molecule has 15 nitrogen and oxygen atoms in total. The van der Waals surface area contributed by atoms with E-state index in [2.05, 4.69) is 74.5 Å². The van der Waals surface area contributed by atoms with Crippen LogP contribution in [-0.4, -0.2) is 98.8 Å². The maximum absolute atomic E-state index is 14.0. The number of para-hydroxylation sites is 1. The first-order valence-electron chi connectivity index (χ1n) is 27.4. The highest BCUT2D eigenvalue weighted by molar-refractivity contribution is 7.22. The number of nitrogens with one attached hydrogen (secondary N) is 2. The molecule has 0 bridgehead atoms. The number of amides is 3. The van der Waals surface area contributed by atoms with Gasteiger partial charge in [-0.2, -0.15) is 5.10 Å². The van der Waals surface area contributed by atoms with Crippen molar-refractivity contribution >= 4 is 72.8 Å². The lowest BCUT2D eigenvalue weighted by Gasteiger charge is -2.39. The van der Waals surface area contributed by atoms with E-state index in [1.54, 1.807) is 0 Å². The minimum absolute atomic E-state index is 0.156. The fourth-order valence-electron chi connectivity index (χ4n) is 11.9. The lowest BCUT2D eigenvalue weighted by Crippen LogP contribution is -2.49. The Bertz CT molecular complexity index is 3350. The number of nitrogens with zero attached hydrogens (tertiary/aromatic N) is 7. The number of rotatable bonds is 13. The molecule has 4 aromatic carbocycles. The number of ether oxygens (including phenoxy) is 2. The van der Waals surface area contributed by atoms with Crippen molar-refractivity contribution in [3.05, 3.63) is 125 Å². The van der Waals surface area contributed by atoms with E-state index >= 15 is 0 Å². The molecule has 3 amide bonds. The molecule has 3 aliphatic heterocycles. The third-order valence-electron chi connectivity index (χ3n) is 16.1. The second kappa shape index (κ2) is 21.7. The molecule has 1 unspecified atom stereocenters. The van der Waals surface area contributed by atoms with Gasteiger partial charge in [-0.25, -0.2) is 14.8 Å². The first-order chi connectivity index (χ1) is 37.1. The van der Waals surface area contributed by atoms with E-state index in [4.69, 9.17) is 19.6 Å². The minimum atomic E-state index is -0.725. The highest BCUT2D eigenvalue weighted by Crippen LogP contribution is 2.38. The number of hydrogen-bond acceptors (Lipinski definition) is 13. The highest BCUT2D eigenvalue weighted by Gasteiger charge is 2.33. The molecule has 0 spiro atoms. The summed E-state index contributed by atoms with van der Waals surface area (Å²) in [6.07, 6.45) is 8.46. The number of aromatic nitrogens is 4. The van der Waals surface area contributed by atoms with E-state index in [-0.39, 0.29) is 29.5 Å². The molecular formula is C61H69N9O6S. The predicted octanol–water partition coefficient (Wildman–Crippen LogP) is 10.8. The van der Waals surface area contributed by atoms with Gasteiger partial charge in [-0.1, -0.05) is 41.7 Å². The molecule has 1 saturated carbocycles. The number of pyridine rings is 1. The third-order valence-corrected chi connectivity index (χ3v) is 17.1. The van der Waals surface area contributed by atoms with Crippen LogP contribution in [-0.2, 0) is 34.3 Å². The minimum Gasteiger partial charge on any atom is -0.490 e. The third kappa shape index (κ3) is 11.3. The van der Waals surface area contributed by atoms with Crippen LogP contribution in [0.15, 0.2) is 91.0 Å². The number of benzene rings is 4. The zero-order valence-electron chi connectivity index (χ0n) is 45.1. The van der Waals surface area contributed by atoms with Gasteiger partial charge in [-0.05, 0) is 175 Å². The molecular weight excluding hydrogens is 987 g/mol. The van der Waals surface area contributed by atoms with Gasteiger partial charge < -0.3 is 19.3 Å². The number of piperazine rings is 1. The van der Waals surface area contributed by atoms with Crippen LogP contribution in [0.4, 0.5) is 16.6 Å². The molecule has 77 heavy (non-hydrogen) atoms. The molecule has 3 fully saturated rings. The van der Waals surface area contributed by atoms with E-state index in [1.165, 1.54) is 29.9 Å². The summed E-state index contributed by atoms with van der Waals surface area (Å²) in [5.74, 6) is 0.594. The van der Waals surface area contributed by atoms with E-state index in [9.17, 15) is 19.2 Å². The summed E-state index contributed by atoms with van der Waals surface area (Å²) in [7, 11) is 1.93. The van der Waals surface area contributed by atoms with Gasteiger partial charge in [0.15, 0.2) is 10.8 Å². The van der Waals surface area contributed by atoms with Crippen LogP contribution >= 0.6 is 11.3 Å². The largest absolute Gasteiger partial charge is 0.490 e. The van der Waals surface area contributed by atoms with Crippen LogP contribution in [0.25, 0.3) is 32.2 Å². The molecule has 4 aliphatic rings. The van der Waals surface area contributed by atoms with Gasteiger partial charge in [-0.15, -0.1) is 0 Å². The summed E-state index contributed by atoms with van der Waals surface area (Å²) in [6.45, 7) is 15.1. The Morgan fingerprint density at radius 3 is 2.40 bits per heavy atom. The Balaban J connectivity index is 0.683. The number of anilines is 3. The number of aryl methyl sites for hydroxylation is 2. The van der Waals surface area contributed by atoms with Crippen molar-refractivity contribution < 1.29 is 28.7 Å². The molecule has 11 rings (SSSR count). The van der Waals surface area contributed by atoms with Crippen LogP contribution in [0.5, 0.6) is 5.75 Å². The Hall–Kier alpha value is -7.17. The second-order valence-corrected chi connectivity index (χ2v) is 23.6. The van der Waals surface area contributed by atoms with E-state index < -0.39 is 17.5 Å². The first kappa shape index (κ1) is 51.9. The number of carbonyl (C=O) groups is 4. The standard InChI is InChI=1S/C61H69N9O6S/c1-37-34-43(75-42-19-16-39(17-20-42)15-14-38(2)68-30-32-69(33-31-68)41-18-22-47-51(35-41)67(6)66-55(47)48-25-27-54(71)64-58(48)73)21-23-44(37)45-24-26-53(63-56(45)59(74)76-61(3,4)5)70-29-28-40-10-9-11-46(49(40)36-70)57(72)65-60-62-50-12-7-8-13-52(50)77-60/h7-13,18,21-24,26,34-35,38-39,42,48H,14-17,19-20,25,27-33,36H2,1-6H3,(H,62,65,72)(H,64,71,73)/t38-,39?,42?,48?/m1/s1. The number of thiazole rings is 1. The lowest BCUT2D eigenvalue weighted by atomic mass is 9.83. The summed E-state index contributed by atoms with van der Waals surface area (Å²) < 4.78 is 15.5. The van der Waals surface area contributed by atoms with Gasteiger partial charge in [-0.3, -0.25) is 34.6 Å². The molecule has 16 heteroatoms. The second-order valence-electron chi connectivity index (χ2n) is 22.5. The Morgan fingerprint density at radius 2 is 1.64 bits per heavy atom. The van der Waals surface area contributed by atoms with Crippen molar-refractivity contribution in [2.75, 3.05) is 47.8 Å². The average Bonchev–Trinajstić information content (AvgIpc) is 4.02. The van der Waals surface area contributed by atoms with Gasteiger partial charge in [0.1, 0.15) is 17.2 Å². The SMILES string of the molecule is Cc1cc(OC2CCC(CC[C@@H](C)N3CCN(c4ccc5c(C6CCC(=O)NC6=O)nn(C)c5c4)CC3)CC2)ccc1-c1ccc(N2CCc3cccc(C(=O)Nc4nc5ccccc5s4)c3C2)nc1C(=O)OC(C)(C)C. The zero-order chi connectivity index (χ0) is 53.5. The maximum atomic E-state index is 14.0. The van der Waals surface area contributed by atoms with E-state index in [1.807, 2.05) is 93.2 Å². The zero-order valence-corrected chi connectivity index (χ0v) is 45.9. The first-order valence-corrected chi connectivity index (χ1v) is 28.3. The van der Waals surface area contributed by atoms with Crippen molar-refractivity contribution in [1.82, 2.24) is 30.0 Å². The quantitative estimate of drug-likeness (QED) is 0.0831. The maximum Gasteiger partial charge on any atom is 0.358 e. The Morgan fingerprint density at radius 1 is 0.844 bits per heavy atom. The normalized spacial score (nSPS) is 19.7. The Labute approximate surface area is 454 Å². The summed E-state index contributed by atoms with van der Waals surface area (Å²) in [6, 6.07) is 30.7. The number of esters is 1. The molecule has 2 saturated heterocycles. The summed E-state index contributed by atoms with van der Waals surface area (Å²) in [4.78, 5) is 69.1. The molecule has 7 aromatic rings. The number of imide groups is 1. The van der Waals surface area contributed by atoms with Crippen molar-refractivity contribution in [2.24, 2.45) is 13.0 Å². The molecule has 6 heterocycles. The van der Waals surface area contributed by atoms with Crippen molar-refractivity contribution in [3.8, 4) is 16.9 Å². The van der Waals surface area contributed by atoms with Crippen LogP contribution in [0.1, 0.15) is 128 Å². The number of hydrogen-bond donors (Lipinski definition) is 2. The predicted molar refractivity (Wildman–Crippen MR) is 303 cm³/mol. The van der Waals surface area contributed by atoms with Crippen molar-refractivity contribution in [1.29, 1.82) is 0 Å². The summed E-state index contributed by atoms with van der Waals surface area (Å²) in [5.41, 5.74) is 8.51. The fraction of sp³-hybridized carbons (Fsp3) is 0.426.